The summed E-state index contributed by atoms with van der Waals surface area (Å²) in [6.45, 7) is 4.56. The molecule has 156 valence electrons. The van der Waals surface area contributed by atoms with Crippen molar-refractivity contribution in [3.05, 3.63) is 42.7 Å². The summed E-state index contributed by atoms with van der Waals surface area (Å²) < 4.78 is 15.8. The summed E-state index contributed by atoms with van der Waals surface area (Å²) in [5.74, 6) is 1.75. The lowest BCUT2D eigenvalue weighted by atomic mass is 10.1. The standard InChI is InChI=1S/C23H22N6O2/c1-2-6-28-13-16(12-25-28)15-10-18-21-20(11-15)30-8-3-7-29(21)22(26-18)14-4-5-19-17(9-14)27-23(24)31-19/h4-5,9-13H,2-3,6-8H2,1H3,(H2,24,27). The highest BCUT2D eigenvalue weighted by Gasteiger charge is 2.21. The Hall–Kier alpha value is -3.81. The van der Waals surface area contributed by atoms with Gasteiger partial charge in [0.05, 0.1) is 18.3 Å². The van der Waals surface area contributed by atoms with Crippen LogP contribution in [0.5, 0.6) is 5.75 Å². The highest BCUT2D eigenvalue weighted by molar-refractivity contribution is 5.91. The molecule has 5 aromatic rings. The van der Waals surface area contributed by atoms with Gasteiger partial charge >= 0.3 is 0 Å². The topological polar surface area (TPSA) is 96.9 Å². The first kappa shape index (κ1) is 18.0. The summed E-state index contributed by atoms with van der Waals surface area (Å²) in [6, 6.07) is 10.3. The molecule has 0 spiro atoms. The van der Waals surface area contributed by atoms with Crippen LogP contribution >= 0.6 is 0 Å². The minimum Gasteiger partial charge on any atom is -0.491 e. The molecule has 0 saturated carbocycles. The van der Waals surface area contributed by atoms with Crippen molar-refractivity contribution >= 4 is 28.1 Å². The van der Waals surface area contributed by atoms with Crippen molar-refractivity contribution in [2.75, 3.05) is 12.3 Å². The molecule has 0 amide bonds. The number of nitrogen functional groups attached to an aromatic ring is 1. The summed E-state index contributed by atoms with van der Waals surface area (Å²) in [7, 11) is 0. The molecule has 6 rings (SSSR count). The van der Waals surface area contributed by atoms with Gasteiger partial charge < -0.3 is 19.5 Å². The maximum Gasteiger partial charge on any atom is 0.292 e. The summed E-state index contributed by atoms with van der Waals surface area (Å²) in [5, 5.41) is 4.48. The van der Waals surface area contributed by atoms with Gasteiger partial charge in [0.2, 0.25) is 0 Å². The Morgan fingerprint density at radius 3 is 2.87 bits per heavy atom. The monoisotopic (exact) mass is 414 g/mol. The molecule has 0 unspecified atom stereocenters. The summed E-state index contributed by atoms with van der Waals surface area (Å²) in [6.07, 6.45) is 5.94. The van der Waals surface area contributed by atoms with Gasteiger partial charge in [-0.15, -0.1) is 0 Å². The highest BCUT2D eigenvalue weighted by atomic mass is 16.5. The minimum absolute atomic E-state index is 0.169. The molecule has 0 radical (unpaired) electrons. The van der Waals surface area contributed by atoms with Gasteiger partial charge in [-0.05, 0) is 48.7 Å². The number of hydrogen-bond acceptors (Lipinski definition) is 6. The van der Waals surface area contributed by atoms with Crippen molar-refractivity contribution in [2.24, 2.45) is 0 Å². The second kappa shape index (κ2) is 6.87. The van der Waals surface area contributed by atoms with Crippen LogP contribution in [0, 0.1) is 0 Å². The van der Waals surface area contributed by atoms with E-state index >= 15 is 0 Å². The van der Waals surface area contributed by atoms with Gasteiger partial charge in [0, 0.05) is 30.4 Å². The average molecular weight is 414 g/mol. The summed E-state index contributed by atoms with van der Waals surface area (Å²) >= 11 is 0. The second-order valence-electron chi connectivity index (χ2n) is 7.86. The van der Waals surface area contributed by atoms with E-state index in [2.05, 4.69) is 39.9 Å². The van der Waals surface area contributed by atoms with Crippen molar-refractivity contribution in [3.8, 4) is 28.3 Å². The van der Waals surface area contributed by atoms with Gasteiger partial charge in [-0.3, -0.25) is 4.68 Å². The van der Waals surface area contributed by atoms with Crippen molar-refractivity contribution in [1.29, 1.82) is 0 Å². The number of oxazole rings is 1. The first-order chi connectivity index (χ1) is 15.2. The Labute approximate surface area is 178 Å². The maximum absolute atomic E-state index is 6.13. The van der Waals surface area contributed by atoms with Gasteiger partial charge in [-0.1, -0.05) is 6.92 Å². The van der Waals surface area contributed by atoms with Gasteiger partial charge in [-0.25, -0.2) is 4.98 Å². The Morgan fingerprint density at radius 2 is 1.97 bits per heavy atom. The molecule has 0 bridgehead atoms. The normalized spacial score (nSPS) is 13.6. The van der Waals surface area contributed by atoms with Crippen LogP contribution in [0.4, 0.5) is 6.01 Å². The predicted molar refractivity (Wildman–Crippen MR) is 119 cm³/mol. The van der Waals surface area contributed by atoms with Gasteiger partial charge in [0.15, 0.2) is 5.58 Å². The lowest BCUT2D eigenvalue weighted by molar-refractivity contribution is 0.316. The van der Waals surface area contributed by atoms with Crippen LogP contribution in [0.3, 0.4) is 0 Å². The fourth-order valence-electron chi connectivity index (χ4n) is 4.30. The number of imidazole rings is 1. The zero-order chi connectivity index (χ0) is 20.9. The van der Waals surface area contributed by atoms with Crippen molar-refractivity contribution in [2.45, 2.75) is 32.9 Å². The van der Waals surface area contributed by atoms with E-state index in [1.54, 1.807) is 0 Å². The van der Waals surface area contributed by atoms with Gasteiger partial charge in [0.1, 0.15) is 22.6 Å². The van der Waals surface area contributed by atoms with E-state index in [0.717, 1.165) is 70.7 Å². The van der Waals surface area contributed by atoms with Crippen LogP contribution in [0.15, 0.2) is 47.1 Å². The van der Waals surface area contributed by atoms with E-state index < -0.39 is 0 Å². The van der Waals surface area contributed by atoms with Crippen LogP contribution in [-0.2, 0) is 13.1 Å². The number of aromatic nitrogens is 5. The molecule has 2 N–H and O–H groups in total. The summed E-state index contributed by atoms with van der Waals surface area (Å²) in [4.78, 5) is 9.28. The highest BCUT2D eigenvalue weighted by Crippen LogP contribution is 2.37. The molecule has 0 aliphatic carbocycles. The molecule has 0 saturated heterocycles. The largest absolute Gasteiger partial charge is 0.491 e. The number of ether oxygens (including phenoxy) is 1. The molecule has 0 fully saturated rings. The molecular formula is C23H22N6O2. The number of fused-ring (bicyclic) bond motifs is 1. The molecule has 1 aliphatic rings. The van der Waals surface area contributed by atoms with Crippen LogP contribution in [0.25, 0.3) is 44.6 Å². The molecule has 31 heavy (non-hydrogen) atoms. The third-order valence-electron chi connectivity index (χ3n) is 5.67. The fourth-order valence-corrected chi connectivity index (χ4v) is 4.30. The zero-order valence-corrected chi connectivity index (χ0v) is 17.2. The lowest BCUT2D eigenvalue weighted by Crippen LogP contribution is -2.01. The number of nitrogens with two attached hydrogens (primary N) is 1. The first-order valence-corrected chi connectivity index (χ1v) is 10.6. The van der Waals surface area contributed by atoms with Gasteiger partial charge in [0.25, 0.3) is 6.01 Å². The van der Waals surface area contributed by atoms with E-state index in [1.807, 2.05) is 29.1 Å². The minimum atomic E-state index is 0.169. The van der Waals surface area contributed by atoms with Crippen LogP contribution in [0.2, 0.25) is 0 Å². The first-order valence-electron chi connectivity index (χ1n) is 10.6. The Morgan fingerprint density at radius 1 is 1.06 bits per heavy atom. The number of nitrogens with zero attached hydrogens (tertiary/aromatic N) is 5. The number of benzene rings is 2. The second-order valence-corrected chi connectivity index (χ2v) is 7.86. The van der Waals surface area contributed by atoms with Crippen molar-refractivity contribution in [1.82, 2.24) is 24.3 Å². The van der Waals surface area contributed by atoms with E-state index in [1.165, 1.54) is 0 Å². The summed E-state index contributed by atoms with van der Waals surface area (Å²) in [5.41, 5.74) is 12.1. The van der Waals surface area contributed by atoms with E-state index in [-0.39, 0.29) is 6.01 Å². The molecule has 8 nitrogen and oxygen atoms in total. The smallest absolute Gasteiger partial charge is 0.292 e. The molecule has 4 heterocycles. The van der Waals surface area contributed by atoms with Crippen molar-refractivity contribution < 1.29 is 9.15 Å². The molecular weight excluding hydrogens is 392 g/mol. The van der Waals surface area contributed by atoms with Crippen LogP contribution in [-0.4, -0.2) is 30.9 Å². The van der Waals surface area contributed by atoms with Crippen LogP contribution in [0.1, 0.15) is 19.8 Å². The number of hydrogen-bond donors (Lipinski definition) is 1. The Bertz CT molecular complexity index is 1430. The molecule has 3 aromatic heterocycles. The maximum atomic E-state index is 6.13. The Kier molecular flexibility index (Phi) is 3.99. The SMILES string of the molecule is CCCn1cc(-c2cc3c4c(c2)nc(-c2ccc5oc(N)nc5c2)n4CCCO3)cn1. The molecule has 1 aliphatic heterocycles. The average Bonchev–Trinajstić information content (AvgIpc) is 3.42. The third-order valence-corrected chi connectivity index (χ3v) is 5.67. The molecule has 8 heteroatoms. The number of aryl methyl sites for hydroxylation is 2. The number of anilines is 1. The lowest BCUT2D eigenvalue weighted by Gasteiger charge is -2.07. The zero-order valence-electron chi connectivity index (χ0n) is 17.2. The van der Waals surface area contributed by atoms with Crippen LogP contribution < -0.4 is 10.5 Å². The Balaban J connectivity index is 1.53. The van der Waals surface area contributed by atoms with E-state index in [0.29, 0.717) is 12.2 Å². The predicted octanol–water partition coefficient (Wildman–Crippen LogP) is 4.48. The molecule has 2 aromatic carbocycles. The third kappa shape index (κ3) is 2.94. The fraction of sp³-hybridized carbons (Fsp3) is 0.261. The van der Waals surface area contributed by atoms with E-state index in [4.69, 9.17) is 19.9 Å². The van der Waals surface area contributed by atoms with Crippen molar-refractivity contribution in [3.63, 3.8) is 0 Å². The van der Waals surface area contributed by atoms with E-state index in [9.17, 15) is 0 Å². The number of rotatable bonds is 4. The quantitative estimate of drug-likeness (QED) is 0.466. The molecule has 0 atom stereocenters. The van der Waals surface area contributed by atoms with Gasteiger partial charge in [-0.2, -0.15) is 10.1 Å².